The topological polar surface area (TPSA) is 46.2 Å². The van der Waals surface area contributed by atoms with Gasteiger partial charge in [0.25, 0.3) is 0 Å². The number of nitrogens with one attached hydrogen (secondary N) is 1. The van der Waals surface area contributed by atoms with Gasteiger partial charge in [0.15, 0.2) is 0 Å². The van der Waals surface area contributed by atoms with Gasteiger partial charge in [0.05, 0.1) is 12.0 Å². The molecule has 1 amide bonds. The number of carbonyl (C=O) groups excluding carboxylic acids is 2. The Labute approximate surface area is 156 Å². The maximum Gasteiger partial charge on any atom is 0.227 e. The normalized spacial score (nSPS) is 13.3. The molecule has 0 heterocycles. The highest BCUT2D eigenvalue weighted by Gasteiger charge is 2.19. The zero-order valence-corrected chi connectivity index (χ0v) is 15.2. The van der Waals surface area contributed by atoms with Crippen molar-refractivity contribution in [3.8, 4) is 0 Å². The number of hydrogen-bond acceptors (Lipinski definition) is 2. The van der Waals surface area contributed by atoms with Gasteiger partial charge >= 0.3 is 0 Å². The molecular formula is C23H26NO2. The highest BCUT2D eigenvalue weighted by Crippen LogP contribution is 2.14. The number of amides is 1. The third-order valence-corrected chi connectivity index (χ3v) is 4.26. The lowest BCUT2D eigenvalue weighted by Gasteiger charge is -2.17. The summed E-state index contributed by atoms with van der Waals surface area (Å²) < 4.78 is 0. The van der Waals surface area contributed by atoms with E-state index in [0.717, 1.165) is 24.0 Å². The Hall–Kier alpha value is -2.68. The van der Waals surface area contributed by atoms with Crippen LogP contribution in [0.3, 0.4) is 0 Å². The predicted molar refractivity (Wildman–Crippen MR) is 106 cm³/mol. The maximum absolute atomic E-state index is 12.8. The zero-order valence-electron chi connectivity index (χ0n) is 15.2. The Balaban J connectivity index is 2.12. The summed E-state index contributed by atoms with van der Waals surface area (Å²) in [6.07, 6.45) is 8.93. The zero-order chi connectivity index (χ0) is 18.6. The van der Waals surface area contributed by atoms with Crippen LogP contribution in [0.15, 0.2) is 66.7 Å². The van der Waals surface area contributed by atoms with Gasteiger partial charge in [-0.1, -0.05) is 92.6 Å². The Bertz CT molecular complexity index is 695. The van der Waals surface area contributed by atoms with Crippen LogP contribution in [0.4, 0.5) is 0 Å². The van der Waals surface area contributed by atoms with E-state index in [9.17, 15) is 9.59 Å². The van der Waals surface area contributed by atoms with Gasteiger partial charge in [-0.25, -0.2) is 0 Å². The molecule has 26 heavy (non-hydrogen) atoms. The van der Waals surface area contributed by atoms with Crippen molar-refractivity contribution < 1.29 is 9.59 Å². The first kappa shape index (κ1) is 19.6. The standard InChI is InChI=1S/C23H26NO2/c1-2-3-14-22(18-25)24-23(26)21(17-20-12-8-5-9-13-20)16-15-19-10-6-4-7-11-19/h4-13,15-16,21-22H,2-3,14,17H2,1H3,(H,24,26)/t21?,22-/m0/s1. The molecule has 2 rings (SSSR count). The van der Waals surface area contributed by atoms with Crippen LogP contribution in [-0.2, 0) is 16.0 Å². The molecule has 1 radical (unpaired) electrons. The quantitative estimate of drug-likeness (QED) is 0.694. The molecule has 2 aromatic rings. The molecule has 0 saturated heterocycles. The van der Waals surface area contributed by atoms with Crippen LogP contribution in [0.1, 0.15) is 37.3 Å². The van der Waals surface area contributed by atoms with E-state index in [2.05, 4.69) is 12.2 Å². The molecule has 1 unspecified atom stereocenters. The van der Waals surface area contributed by atoms with Gasteiger partial charge in [0, 0.05) is 0 Å². The van der Waals surface area contributed by atoms with E-state index in [1.165, 1.54) is 0 Å². The first-order chi connectivity index (χ1) is 12.7. The van der Waals surface area contributed by atoms with Crippen molar-refractivity contribution in [3.05, 3.63) is 77.9 Å². The molecule has 3 heteroatoms. The Kier molecular flexibility index (Phi) is 8.34. The second-order valence-corrected chi connectivity index (χ2v) is 6.39. The van der Waals surface area contributed by atoms with Gasteiger partial charge in [-0.2, -0.15) is 0 Å². The second kappa shape index (κ2) is 11.0. The largest absolute Gasteiger partial charge is 0.345 e. The molecule has 0 aliphatic heterocycles. The van der Waals surface area contributed by atoms with E-state index in [0.29, 0.717) is 12.8 Å². The van der Waals surface area contributed by atoms with Crippen LogP contribution in [0.2, 0.25) is 0 Å². The highest BCUT2D eigenvalue weighted by atomic mass is 16.2. The third-order valence-electron chi connectivity index (χ3n) is 4.26. The molecule has 2 atom stereocenters. The summed E-state index contributed by atoms with van der Waals surface area (Å²) in [4.78, 5) is 23.9. The van der Waals surface area contributed by atoms with Gasteiger partial charge in [-0.05, 0) is 24.0 Å². The second-order valence-electron chi connectivity index (χ2n) is 6.39. The monoisotopic (exact) mass is 348 g/mol. The molecule has 0 aliphatic rings. The summed E-state index contributed by atoms with van der Waals surface area (Å²) in [5.41, 5.74) is 2.13. The number of unbranched alkanes of at least 4 members (excludes halogenated alkanes) is 1. The van der Waals surface area contributed by atoms with Crippen molar-refractivity contribution in [2.45, 2.75) is 38.6 Å². The fourth-order valence-electron chi connectivity index (χ4n) is 2.76. The fourth-order valence-corrected chi connectivity index (χ4v) is 2.76. The summed E-state index contributed by atoms with van der Waals surface area (Å²) in [5, 5.41) is 2.84. The summed E-state index contributed by atoms with van der Waals surface area (Å²) in [6, 6.07) is 19.3. The van der Waals surface area contributed by atoms with Crippen LogP contribution in [-0.4, -0.2) is 18.2 Å². The molecule has 0 fully saturated rings. The van der Waals surface area contributed by atoms with E-state index in [-0.39, 0.29) is 11.8 Å². The van der Waals surface area contributed by atoms with Gasteiger partial charge in [0.2, 0.25) is 12.2 Å². The van der Waals surface area contributed by atoms with E-state index in [1.54, 1.807) is 0 Å². The molecule has 1 N–H and O–H groups in total. The first-order valence-corrected chi connectivity index (χ1v) is 9.18. The van der Waals surface area contributed by atoms with Gasteiger partial charge in [0.1, 0.15) is 0 Å². The van der Waals surface area contributed by atoms with Gasteiger partial charge in [-0.3, -0.25) is 9.59 Å². The van der Waals surface area contributed by atoms with Crippen LogP contribution < -0.4 is 5.32 Å². The summed E-state index contributed by atoms with van der Waals surface area (Å²) >= 11 is 0. The number of benzene rings is 2. The SMILES string of the molecule is CCCC[C@@H]([C]=O)NC(=O)C(C=Cc1ccccc1)Cc1ccccc1. The minimum atomic E-state index is -0.536. The fraction of sp³-hybridized carbons (Fsp3) is 0.304. The van der Waals surface area contributed by atoms with E-state index in [1.807, 2.05) is 79.1 Å². The summed E-state index contributed by atoms with van der Waals surface area (Å²) in [7, 11) is 0. The average Bonchev–Trinajstić information content (AvgIpc) is 2.69. The lowest BCUT2D eigenvalue weighted by molar-refractivity contribution is -0.123. The highest BCUT2D eigenvalue weighted by molar-refractivity contribution is 5.84. The van der Waals surface area contributed by atoms with E-state index >= 15 is 0 Å². The predicted octanol–water partition coefficient (Wildman–Crippen LogP) is 4.34. The van der Waals surface area contributed by atoms with Crippen molar-refractivity contribution in [1.82, 2.24) is 5.32 Å². The van der Waals surface area contributed by atoms with Crippen molar-refractivity contribution >= 4 is 18.3 Å². The van der Waals surface area contributed by atoms with Gasteiger partial charge < -0.3 is 5.32 Å². The summed E-state index contributed by atoms with van der Waals surface area (Å²) in [5.74, 6) is -0.472. The average molecular weight is 348 g/mol. The van der Waals surface area contributed by atoms with E-state index < -0.39 is 6.04 Å². The molecule has 135 valence electrons. The molecule has 0 saturated carbocycles. The maximum atomic E-state index is 12.8. The van der Waals surface area contributed by atoms with Crippen LogP contribution >= 0.6 is 0 Å². The third kappa shape index (κ3) is 6.67. The van der Waals surface area contributed by atoms with Crippen LogP contribution in [0, 0.1) is 5.92 Å². The molecule has 0 spiro atoms. The lowest BCUT2D eigenvalue weighted by Crippen LogP contribution is -2.40. The van der Waals surface area contributed by atoms with Crippen LogP contribution in [0.25, 0.3) is 6.08 Å². The Morgan fingerprint density at radius 3 is 2.35 bits per heavy atom. The van der Waals surface area contributed by atoms with Crippen LogP contribution in [0.5, 0.6) is 0 Å². The van der Waals surface area contributed by atoms with Crippen molar-refractivity contribution in [3.63, 3.8) is 0 Å². The lowest BCUT2D eigenvalue weighted by atomic mass is 9.96. The molecular weight excluding hydrogens is 322 g/mol. The molecule has 3 nitrogen and oxygen atoms in total. The molecule has 0 bridgehead atoms. The number of rotatable bonds is 10. The Morgan fingerprint density at radius 1 is 1.08 bits per heavy atom. The smallest absolute Gasteiger partial charge is 0.227 e. The first-order valence-electron chi connectivity index (χ1n) is 9.18. The minimum absolute atomic E-state index is 0.134. The van der Waals surface area contributed by atoms with Crippen molar-refractivity contribution in [1.29, 1.82) is 0 Å². The molecule has 0 aliphatic carbocycles. The molecule has 0 aromatic heterocycles. The molecule has 2 aromatic carbocycles. The number of hydrogen-bond donors (Lipinski definition) is 1. The minimum Gasteiger partial charge on any atom is -0.345 e. The van der Waals surface area contributed by atoms with E-state index in [4.69, 9.17) is 0 Å². The summed E-state index contributed by atoms with van der Waals surface area (Å²) in [6.45, 7) is 2.06. The van der Waals surface area contributed by atoms with Gasteiger partial charge in [-0.15, -0.1) is 0 Å². The number of carbonyl (C=O) groups is 1. The van der Waals surface area contributed by atoms with Crippen molar-refractivity contribution in [2.75, 3.05) is 0 Å². The Morgan fingerprint density at radius 2 is 1.73 bits per heavy atom. The van der Waals surface area contributed by atoms with Crippen molar-refractivity contribution in [2.24, 2.45) is 5.92 Å².